The van der Waals surface area contributed by atoms with Crippen molar-refractivity contribution >= 4 is 29.3 Å². The van der Waals surface area contributed by atoms with E-state index in [1.165, 1.54) is 0 Å². The molecule has 2 aromatic rings. The number of carbonyl (C=O) groups is 2. The van der Waals surface area contributed by atoms with Gasteiger partial charge in [-0.25, -0.2) is 4.79 Å². The number of benzene rings is 2. The van der Waals surface area contributed by atoms with Crippen LogP contribution in [-0.2, 0) is 19.1 Å². The van der Waals surface area contributed by atoms with Gasteiger partial charge in [0, 0.05) is 0 Å². The molecule has 35 heavy (non-hydrogen) atoms. The molecule has 4 N–H and O–H groups in total. The lowest BCUT2D eigenvalue weighted by Crippen LogP contribution is -2.51. The van der Waals surface area contributed by atoms with Gasteiger partial charge in [-0.1, -0.05) is 60.7 Å². The van der Waals surface area contributed by atoms with Crippen molar-refractivity contribution in [1.29, 1.82) is 0 Å². The van der Waals surface area contributed by atoms with Gasteiger partial charge in [0.2, 0.25) is 0 Å². The quantitative estimate of drug-likeness (QED) is 0.364. The van der Waals surface area contributed by atoms with Crippen LogP contribution in [0.3, 0.4) is 0 Å². The summed E-state index contributed by atoms with van der Waals surface area (Å²) in [6.45, 7) is 10.6. The van der Waals surface area contributed by atoms with E-state index >= 15 is 0 Å². The highest BCUT2D eigenvalue weighted by molar-refractivity contribution is 7.80. The van der Waals surface area contributed by atoms with Crippen LogP contribution in [0.2, 0.25) is 0 Å². The van der Waals surface area contributed by atoms with Crippen LogP contribution in [0.15, 0.2) is 60.7 Å². The minimum atomic E-state index is -1.03. The van der Waals surface area contributed by atoms with Crippen LogP contribution in [-0.4, -0.2) is 34.3 Å². The number of hydrogen-bond donors (Lipinski definition) is 3. The molecule has 0 radical (unpaired) electrons. The molecule has 2 aromatic carbocycles. The number of nitrogens with one attached hydrogen (secondary N) is 2. The van der Waals surface area contributed by atoms with Crippen LogP contribution in [0, 0.1) is 0 Å². The third-order valence-corrected chi connectivity index (χ3v) is 5.01. The Morgan fingerprint density at radius 3 is 1.80 bits per heavy atom. The summed E-state index contributed by atoms with van der Waals surface area (Å²) in [5.74, 6) is -1.14. The van der Waals surface area contributed by atoms with Crippen molar-refractivity contribution in [3.8, 4) is 0 Å². The number of carbonyl (C=O) groups excluding carboxylic acids is 2. The molecule has 7 nitrogen and oxygen atoms in total. The van der Waals surface area contributed by atoms with Gasteiger partial charge in [0.25, 0.3) is 0 Å². The Hall–Kier alpha value is -2.97. The van der Waals surface area contributed by atoms with Crippen LogP contribution in [0.4, 0.5) is 0 Å². The summed E-state index contributed by atoms with van der Waals surface area (Å²) in [4.78, 5) is 25.4. The molecule has 0 aliphatic carbocycles. The zero-order valence-corrected chi connectivity index (χ0v) is 22.1. The van der Waals surface area contributed by atoms with Gasteiger partial charge in [-0.15, -0.1) is 0 Å². The van der Waals surface area contributed by atoms with Gasteiger partial charge < -0.3 is 25.8 Å². The number of ether oxygens (including phenoxy) is 2. The molecular weight excluding hydrogens is 462 g/mol. The lowest BCUT2D eigenvalue weighted by atomic mass is 9.94. The van der Waals surface area contributed by atoms with Gasteiger partial charge in [0.15, 0.2) is 5.11 Å². The maximum Gasteiger partial charge on any atom is 0.329 e. The Kier molecular flexibility index (Phi) is 9.80. The smallest absolute Gasteiger partial charge is 0.329 e. The summed E-state index contributed by atoms with van der Waals surface area (Å²) >= 11 is 5.56. The molecule has 0 spiro atoms. The monoisotopic (exact) mass is 499 g/mol. The molecule has 0 amide bonds. The third-order valence-electron chi connectivity index (χ3n) is 4.78. The molecule has 8 heteroatoms. The minimum Gasteiger partial charge on any atom is -0.460 e. The van der Waals surface area contributed by atoms with Crippen LogP contribution in [0.25, 0.3) is 0 Å². The van der Waals surface area contributed by atoms with Gasteiger partial charge >= 0.3 is 11.9 Å². The highest BCUT2D eigenvalue weighted by atomic mass is 32.1. The lowest BCUT2D eigenvalue weighted by molar-refractivity contribution is -0.164. The number of esters is 2. The molecule has 0 aliphatic rings. The van der Waals surface area contributed by atoms with E-state index in [1.807, 2.05) is 60.7 Å². The van der Waals surface area contributed by atoms with Gasteiger partial charge in [0.05, 0.1) is 18.5 Å². The number of thiocarbonyl (C=S) groups is 1. The van der Waals surface area contributed by atoms with E-state index in [9.17, 15) is 9.59 Å². The standard InChI is InChI=1S/C27H37N3O4S/c1-26(2,3)33-21(31)17-20(24(32)34-27(4,5)6)29-25(35)30-23(19-15-11-8-12-16-19)22(28)18-13-9-7-10-14-18/h7-16,20,22-23H,17,28H2,1-6H3,(H2,29,30,35). The molecule has 0 aromatic heterocycles. The van der Waals surface area contributed by atoms with E-state index in [1.54, 1.807) is 41.5 Å². The van der Waals surface area contributed by atoms with Crippen molar-refractivity contribution in [2.75, 3.05) is 0 Å². The molecule has 0 heterocycles. The maximum atomic E-state index is 12.9. The summed E-state index contributed by atoms with van der Waals surface area (Å²) in [7, 11) is 0. The van der Waals surface area contributed by atoms with Crippen LogP contribution < -0.4 is 16.4 Å². The highest BCUT2D eigenvalue weighted by Gasteiger charge is 2.31. The first-order chi connectivity index (χ1) is 16.2. The van der Waals surface area contributed by atoms with Crippen molar-refractivity contribution in [2.45, 2.75) is 77.3 Å². The van der Waals surface area contributed by atoms with Crippen LogP contribution in [0.1, 0.15) is 71.2 Å². The van der Waals surface area contributed by atoms with Crippen molar-refractivity contribution in [1.82, 2.24) is 10.6 Å². The van der Waals surface area contributed by atoms with Crippen molar-refractivity contribution in [3.05, 3.63) is 71.8 Å². The van der Waals surface area contributed by atoms with Gasteiger partial charge in [-0.3, -0.25) is 4.79 Å². The van der Waals surface area contributed by atoms with E-state index in [0.29, 0.717) is 0 Å². The molecule has 0 saturated heterocycles. The van der Waals surface area contributed by atoms with Crippen LogP contribution >= 0.6 is 12.2 Å². The zero-order valence-electron chi connectivity index (χ0n) is 21.3. The highest BCUT2D eigenvalue weighted by Crippen LogP contribution is 2.26. The Bertz CT molecular complexity index is 985. The predicted octanol–water partition coefficient (Wildman–Crippen LogP) is 4.33. The van der Waals surface area contributed by atoms with E-state index in [2.05, 4.69) is 10.6 Å². The molecule has 3 unspecified atom stereocenters. The van der Waals surface area contributed by atoms with Gasteiger partial charge in [0.1, 0.15) is 17.2 Å². The molecule has 0 fully saturated rings. The van der Waals surface area contributed by atoms with Gasteiger partial charge in [-0.05, 0) is 64.9 Å². The first kappa shape index (κ1) is 28.3. The maximum absolute atomic E-state index is 12.9. The van der Waals surface area contributed by atoms with E-state index in [0.717, 1.165) is 11.1 Å². The summed E-state index contributed by atoms with van der Waals surface area (Å²) in [6, 6.07) is 17.5. The Morgan fingerprint density at radius 1 is 0.829 bits per heavy atom. The van der Waals surface area contributed by atoms with E-state index < -0.39 is 35.2 Å². The van der Waals surface area contributed by atoms with E-state index in [-0.39, 0.29) is 17.6 Å². The second kappa shape index (κ2) is 12.1. The molecular formula is C27H37N3O4S. The number of rotatable bonds is 8. The predicted molar refractivity (Wildman–Crippen MR) is 142 cm³/mol. The second-order valence-corrected chi connectivity index (χ2v) is 10.7. The fraction of sp³-hybridized carbons (Fsp3) is 0.444. The number of hydrogen-bond acceptors (Lipinski definition) is 6. The Balaban J connectivity index is 2.24. The SMILES string of the molecule is CC(C)(C)OC(=O)CC(NC(=S)NC(c1ccccc1)C(N)c1ccccc1)C(=O)OC(C)(C)C. The molecule has 0 bridgehead atoms. The molecule has 3 atom stereocenters. The first-order valence-corrected chi connectivity index (χ1v) is 12.0. The average molecular weight is 500 g/mol. The molecule has 0 aliphatic heterocycles. The number of nitrogens with two attached hydrogens (primary N) is 1. The average Bonchev–Trinajstić information content (AvgIpc) is 2.75. The second-order valence-electron chi connectivity index (χ2n) is 10.3. The summed E-state index contributed by atoms with van der Waals surface area (Å²) < 4.78 is 10.9. The lowest BCUT2D eigenvalue weighted by Gasteiger charge is -2.30. The summed E-state index contributed by atoms with van der Waals surface area (Å²) in [6.07, 6.45) is -0.241. The van der Waals surface area contributed by atoms with E-state index in [4.69, 9.17) is 27.4 Å². The molecule has 190 valence electrons. The summed E-state index contributed by atoms with van der Waals surface area (Å²) in [5, 5.41) is 6.36. The summed E-state index contributed by atoms with van der Waals surface area (Å²) in [5.41, 5.74) is 7.06. The molecule has 0 saturated carbocycles. The first-order valence-electron chi connectivity index (χ1n) is 11.6. The topological polar surface area (TPSA) is 103 Å². The van der Waals surface area contributed by atoms with Gasteiger partial charge in [-0.2, -0.15) is 0 Å². The normalized spacial score (nSPS) is 14.3. The fourth-order valence-corrected chi connectivity index (χ4v) is 3.63. The minimum absolute atomic E-state index is 0.171. The van der Waals surface area contributed by atoms with Crippen molar-refractivity contribution < 1.29 is 19.1 Å². The zero-order chi connectivity index (χ0) is 26.2. The van der Waals surface area contributed by atoms with Crippen LogP contribution in [0.5, 0.6) is 0 Å². The Labute approximate surface area is 213 Å². The fourth-order valence-electron chi connectivity index (χ4n) is 3.37. The van der Waals surface area contributed by atoms with Crippen molar-refractivity contribution in [3.63, 3.8) is 0 Å². The van der Waals surface area contributed by atoms with Crippen molar-refractivity contribution in [2.24, 2.45) is 5.73 Å². The molecule has 2 rings (SSSR count). The Morgan fingerprint density at radius 2 is 1.31 bits per heavy atom. The largest absolute Gasteiger partial charge is 0.460 e. The third kappa shape index (κ3) is 10.0.